The first kappa shape index (κ1) is 29.4. The van der Waals surface area contributed by atoms with Gasteiger partial charge in [-0.25, -0.2) is 14.5 Å². The molecule has 0 spiro atoms. The Morgan fingerprint density at radius 3 is 2.41 bits per heavy atom. The molecule has 0 bridgehead atoms. The number of nitrogen functional groups attached to an aromatic ring is 1. The van der Waals surface area contributed by atoms with E-state index in [1.54, 1.807) is 0 Å². The Kier molecular flexibility index (Phi) is 10.2. The number of nitrogens with zero attached hydrogens (tertiary/aromatic N) is 3. The summed E-state index contributed by atoms with van der Waals surface area (Å²) >= 11 is 0. The second kappa shape index (κ2) is 13.6. The first-order chi connectivity index (χ1) is 18.5. The second-order valence-electron chi connectivity index (χ2n) is 8.79. The maximum Gasteiger partial charge on any atom is 0.490 e. The van der Waals surface area contributed by atoms with E-state index in [4.69, 9.17) is 20.4 Å². The van der Waals surface area contributed by atoms with Gasteiger partial charge in [0, 0.05) is 17.8 Å². The molecule has 0 aliphatic carbocycles. The fraction of sp³-hybridized carbons (Fsp3) is 0.360. The fourth-order valence-corrected chi connectivity index (χ4v) is 3.87. The predicted molar refractivity (Wildman–Crippen MR) is 135 cm³/mol. The van der Waals surface area contributed by atoms with Crippen LogP contribution in [-0.4, -0.2) is 67.8 Å². The average molecular weight is 551 g/mol. The van der Waals surface area contributed by atoms with Gasteiger partial charge in [-0.15, -0.1) is 5.10 Å². The maximum absolute atomic E-state index is 12.1. The Morgan fingerprint density at radius 2 is 1.82 bits per heavy atom. The van der Waals surface area contributed by atoms with E-state index in [0.717, 1.165) is 30.7 Å². The molecule has 3 atom stereocenters. The number of ether oxygens (including phenoxy) is 1. The first-order valence-corrected chi connectivity index (χ1v) is 12.0. The minimum atomic E-state index is -5.08. The van der Waals surface area contributed by atoms with Crippen LogP contribution in [0.4, 0.5) is 24.8 Å². The van der Waals surface area contributed by atoms with Gasteiger partial charge in [0.15, 0.2) is 0 Å². The number of carboxylic acids is 1. The summed E-state index contributed by atoms with van der Waals surface area (Å²) in [6.45, 7) is 0.319. The van der Waals surface area contributed by atoms with E-state index in [2.05, 4.69) is 20.7 Å². The van der Waals surface area contributed by atoms with Gasteiger partial charge in [-0.2, -0.15) is 13.2 Å². The average Bonchev–Trinajstić information content (AvgIpc) is 3.53. The number of benzene rings is 2. The van der Waals surface area contributed by atoms with E-state index in [9.17, 15) is 23.1 Å². The van der Waals surface area contributed by atoms with E-state index >= 15 is 0 Å². The molecule has 39 heavy (non-hydrogen) atoms. The lowest BCUT2D eigenvalue weighted by atomic mass is 10.0. The number of para-hydroxylation sites is 1. The summed E-state index contributed by atoms with van der Waals surface area (Å²) in [5, 5.41) is 27.9. The zero-order valence-electron chi connectivity index (χ0n) is 20.7. The first-order valence-electron chi connectivity index (χ1n) is 12.0. The van der Waals surface area contributed by atoms with E-state index in [1.165, 1.54) is 16.6 Å². The molecule has 0 radical (unpaired) electrons. The number of amides is 1. The van der Waals surface area contributed by atoms with Gasteiger partial charge in [0.25, 0.3) is 0 Å². The molecule has 4 rings (SSSR count). The smallest absolute Gasteiger partial charge is 0.490 e. The molecule has 1 aliphatic heterocycles. The van der Waals surface area contributed by atoms with Gasteiger partial charge in [0.1, 0.15) is 31.3 Å². The van der Waals surface area contributed by atoms with Gasteiger partial charge < -0.3 is 31.3 Å². The summed E-state index contributed by atoms with van der Waals surface area (Å²) in [7, 11) is 0. The third-order valence-corrected chi connectivity index (χ3v) is 5.73. The van der Waals surface area contributed by atoms with Gasteiger partial charge in [0.2, 0.25) is 11.9 Å². The molecule has 210 valence electrons. The van der Waals surface area contributed by atoms with E-state index < -0.39 is 18.2 Å². The Hall–Kier alpha value is -4.17. The van der Waals surface area contributed by atoms with Crippen molar-refractivity contribution in [3.05, 3.63) is 66.5 Å². The lowest BCUT2D eigenvalue weighted by Gasteiger charge is -2.20. The van der Waals surface area contributed by atoms with Crippen LogP contribution in [0.25, 0.3) is 0 Å². The van der Waals surface area contributed by atoms with E-state index in [0.29, 0.717) is 6.04 Å². The number of anilines is 2. The minimum absolute atomic E-state index is 0.0214. The van der Waals surface area contributed by atoms with Gasteiger partial charge in [-0.3, -0.25) is 4.79 Å². The number of aliphatic hydroxyl groups is 1. The largest absolute Gasteiger partial charge is 0.491 e. The lowest BCUT2D eigenvalue weighted by Crippen LogP contribution is -2.42. The number of halogens is 3. The standard InChI is InChI=1S/C23H28N6O3.C2HF3O2/c24-23-25-15-29(28-23)13-22(31)27-17-8-6-16(7-9-17)12-18-10-11-20(26-18)21(30)14-32-19-4-2-1-3-5-19;3-2(4,5)1(6)7/h1-9,15,18,20-21,26,30H,10-14H2,(H2,24,28)(H,27,31);(H,6,7)/t18-,20+,21+;/m0./s1. The Labute approximate surface area is 221 Å². The van der Waals surface area contributed by atoms with Crippen LogP contribution in [0.1, 0.15) is 18.4 Å². The van der Waals surface area contributed by atoms with Crippen LogP contribution in [0.15, 0.2) is 60.9 Å². The summed E-state index contributed by atoms with van der Waals surface area (Å²) in [5.41, 5.74) is 7.34. The Morgan fingerprint density at radius 1 is 1.15 bits per heavy atom. The molecule has 3 aromatic rings. The topological polar surface area (TPSA) is 165 Å². The fourth-order valence-electron chi connectivity index (χ4n) is 3.87. The van der Waals surface area contributed by atoms with Crippen LogP contribution in [0.2, 0.25) is 0 Å². The normalized spacial score (nSPS) is 17.5. The Balaban J connectivity index is 0.000000532. The van der Waals surface area contributed by atoms with Crippen molar-refractivity contribution in [1.29, 1.82) is 0 Å². The third kappa shape index (κ3) is 9.90. The SMILES string of the molecule is Nc1ncn(CC(=O)Nc2ccc(C[C@@H]3CC[C@H]([C@H](O)COc4ccccc4)N3)cc2)n1.O=C(O)C(F)(F)F. The van der Waals surface area contributed by atoms with Gasteiger partial charge in [-0.05, 0) is 49.1 Å². The van der Waals surface area contributed by atoms with Crippen LogP contribution >= 0.6 is 0 Å². The van der Waals surface area contributed by atoms with Crippen LogP contribution in [0.3, 0.4) is 0 Å². The summed E-state index contributed by atoms with van der Waals surface area (Å²) < 4.78 is 38.8. The number of aromatic nitrogens is 3. The number of carbonyl (C=O) groups excluding carboxylic acids is 1. The summed E-state index contributed by atoms with van der Waals surface area (Å²) in [6, 6.07) is 17.6. The zero-order chi connectivity index (χ0) is 28.4. The van der Waals surface area contributed by atoms with Gasteiger partial charge >= 0.3 is 12.1 Å². The van der Waals surface area contributed by atoms with E-state index in [1.807, 2.05) is 54.6 Å². The molecule has 2 aromatic carbocycles. The van der Waals surface area contributed by atoms with Crippen molar-refractivity contribution in [1.82, 2.24) is 20.1 Å². The van der Waals surface area contributed by atoms with Crippen LogP contribution in [-0.2, 0) is 22.6 Å². The van der Waals surface area contributed by atoms with Crippen molar-refractivity contribution in [3.63, 3.8) is 0 Å². The van der Waals surface area contributed by atoms with Gasteiger partial charge in [-0.1, -0.05) is 30.3 Å². The molecule has 14 heteroatoms. The summed E-state index contributed by atoms with van der Waals surface area (Å²) in [6.07, 6.45) is -1.46. The lowest BCUT2D eigenvalue weighted by molar-refractivity contribution is -0.192. The van der Waals surface area contributed by atoms with Crippen LogP contribution in [0, 0.1) is 0 Å². The third-order valence-electron chi connectivity index (χ3n) is 5.73. The minimum Gasteiger partial charge on any atom is -0.491 e. The molecule has 1 amide bonds. The quantitative estimate of drug-likeness (QED) is 0.269. The molecule has 1 saturated heterocycles. The van der Waals surface area contributed by atoms with Crippen molar-refractivity contribution in [3.8, 4) is 5.75 Å². The number of nitrogens with two attached hydrogens (primary N) is 1. The molecule has 6 N–H and O–H groups in total. The molecule has 0 unspecified atom stereocenters. The number of alkyl halides is 3. The number of nitrogens with one attached hydrogen (secondary N) is 2. The number of rotatable bonds is 9. The van der Waals surface area contributed by atoms with Gasteiger partial charge in [0.05, 0.1) is 0 Å². The zero-order valence-corrected chi connectivity index (χ0v) is 20.7. The summed E-state index contributed by atoms with van der Waals surface area (Å²) in [5.74, 6) is -2.05. The molecule has 2 heterocycles. The highest BCUT2D eigenvalue weighted by atomic mass is 19.4. The number of carboxylic acid groups (broad SMARTS) is 1. The molecular weight excluding hydrogens is 521 g/mol. The van der Waals surface area contributed by atoms with Crippen LogP contribution < -0.4 is 21.1 Å². The number of aliphatic carboxylic acids is 1. The summed E-state index contributed by atoms with van der Waals surface area (Å²) in [4.78, 5) is 24.8. The molecule has 0 saturated carbocycles. The highest BCUT2D eigenvalue weighted by Crippen LogP contribution is 2.21. The van der Waals surface area contributed by atoms with Crippen LogP contribution in [0.5, 0.6) is 5.75 Å². The van der Waals surface area contributed by atoms with Crippen molar-refractivity contribution >= 4 is 23.5 Å². The second-order valence-corrected chi connectivity index (χ2v) is 8.79. The highest BCUT2D eigenvalue weighted by molar-refractivity contribution is 5.90. The molecule has 1 aliphatic rings. The van der Waals surface area contributed by atoms with Crippen molar-refractivity contribution in [2.45, 2.75) is 50.2 Å². The van der Waals surface area contributed by atoms with Crippen molar-refractivity contribution in [2.24, 2.45) is 0 Å². The highest BCUT2D eigenvalue weighted by Gasteiger charge is 2.38. The predicted octanol–water partition coefficient (Wildman–Crippen LogP) is 2.24. The molecule has 1 fully saturated rings. The number of carbonyl (C=O) groups is 2. The van der Waals surface area contributed by atoms with Crippen molar-refractivity contribution < 1.29 is 37.7 Å². The molecule has 1 aromatic heterocycles. The molecule has 11 nitrogen and oxygen atoms in total. The number of aliphatic hydroxyl groups excluding tert-OH is 1. The monoisotopic (exact) mass is 550 g/mol. The molecular formula is C25H29F3N6O5. The maximum atomic E-state index is 12.1. The van der Waals surface area contributed by atoms with Crippen molar-refractivity contribution in [2.75, 3.05) is 17.7 Å². The Bertz CT molecular complexity index is 1210. The number of hydrogen-bond donors (Lipinski definition) is 5. The number of hydrogen-bond acceptors (Lipinski definition) is 8. The van der Waals surface area contributed by atoms with E-state index in [-0.39, 0.29) is 31.0 Å².